The first-order valence-electron chi connectivity index (χ1n) is 6.17. The van der Waals surface area contributed by atoms with Crippen LogP contribution in [-0.2, 0) is 4.79 Å². The fourth-order valence-corrected chi connectivity index (χ4v) is 3.02. The van der Waals surface area contributed by atoms with Gasteiger partial charge in [0.25, 0.3) is 0 Å². The number of anilines is 1. The van der Waals surface area contributed by atoms with Gasteiger partial charge in [-0.05, 0) is 53.9 Å². The Bertz CT molecular complexity index is 553. The van der Waals surface area contributed by atoms with Gasteiger partial charge in [-0.2, -0.15) is 5.26 Å². The number of halogens is 1. The van der Waals surface area contributed by atoms with Gasteiger partial charge in [-0.3, -0.25) is 4.79 Å². The minimum absolute atomic E-state index is 0.0789. The van der Waals surface area contributed by atoms with Crippen LogP contribution in [0.5, 0.6) is 0 Å². The van der Waals surface area contributed by atoms with Gasteiger partial charge >= 0.3 is 5.97 Å². The highest BCUT2D eigenvalue weighted by Gasteiger charge is 2.45. The van der Waals surface area contributed by atoms with Crippen LogP contribution in [0.4, 0.5) is 5.69 Å². The lowest BCUT2D eigenvalue weighted by molar-refractivity contribution is -0.147. The van der Waals surface area contributed by atoms with E-state index in [-0.39, 0.29) is 6.04 Å². The van der Waals surface area contributed by atoms with Crippen molar-refractivity contribution >= 4 is 27.6 Å². The SMILES string of the molecule is CC1(C(=O)O)CCCC1Nc1ccc(C#N)c(Br)c1. The summed E-state index contributed by atoms with van der Waals surface area (Å²) in [6.07, 6.45) is 2.45. The van der Waals surface area contributed by atoms with Crippen LogP contribution in [0.3, 0.4) is 0 Å². The van der Waals surface area contributed by atoms with Crippen molar-refractivity contribution in [3.8, 4) is 6.07 Å². The number of carbonyl (C=O) groups is 1. The number of nitrogens with zero attached hydrogens (tertiary/aromatic N) is 1. The molecule has 1 aliphatic rings. The molecule has 19 heavy (non-hydrogen) atoms. The maximum Gasteiger partial charge on any atom is 0.311 e. The molecule has 0 spiro atoms. The molecule has 0 heterocycles. The Morgan fingerprint density at radius 1 is 1.63 bits per heavy atom. The summed E-state index contributed by atoms with van der Waals surface area (Å²) in [5, 5.41) is 21.5. The summed E-state index contributed by atoms with van der Waals surface area (Å²) in [5.41, 5.74) is 0.684. The predicted molar refractivity (Wildman–Crippen MR) is 75.9 cm³/mol. The molecule has 0 bridgehead atoms. The van der Waals surface area contributed by atoms with Crippen LogP contribution in [0, 0.1) is 16.7 Å². The summed E-state index contributed by atoms with van der Waals surface area (Å²) in [6, 6.07) is 7.35. The number of nitrogens with one attached hydrogen (secondary N) is 1. The molecule has 0 saturated heterocycles. The van der Waals surface area contributed by atoms with E-state index in [4.69, 9.17) is 5.26 Å². The average Bonchev–Trinajstić information content (AvgIpc) is 2.73. The van der Waals surface area contributed by atoms with E-state index in [1.807, 2.05) is 12.1 Å². The van der Waals surface area contributed by atoms with Crippen molar-refractivity contribution in [3.05, 3.63) is 28.2 Å². The third-order valence-corrected chi connectivity index (χ3v) is 4.53. The van der Waals surface area contributed by atoms with Gasteiger partial charge in [0, 0.05) is 16.2 Å². The van der Waals surface area contributed by atoms with E-state index in [1.165, 1.54) is 0 Å². The first-order valence-corrected chi connectivity index (χ1v) is 6.96. The molecule has 1 aromatic rings. The average molecular weight is 323 g/mol. The van der Waals surface area contributed by atoms with E-state index in [1.54, 1.807) is 13.0 Å². The quantitative estimate of drug-likeness (QED) is 0.894. The van der Waals surface area contributed by atoms with Crippen LogP contribution in [0.2, 0.25) is 0 Å². The molecular weight excluding hydrogens is 308 g/mol. The molecule has 2 rings (SSSR count). The zero-order valence-electron chi connectivity index (χ0n) is 10.6. The van der Waals surface area contributed by atoms with Crippen molar-refractivity contribution in [1.82, 2.24) is 0 Å². The van der Waals surface area contributed by atoms with Crippen LogP contribution >= 0.6 is 15.9 Å². The van der Waals surface area contributed by atoms with Crippen LogP contribution in [0.25, 0.3) is 0 Å². The largest absolute Gasteiger partial charge is 0.481 e. The predicted octanol–water partition coefficient (Wildman–Crippen LogP) is 3.38. The monoisotopic (exact) mass is 322 g/mol. The lowest BCUT2D eigenvalue weighted by Crippen LogP contribution is -2.40. The van der Waals surface area contributed by atoms with Gasteiger partial charge in [0.15, 0.2) is 0 Å². The van der Waals surface area contributed by atoms with Crippen molar-refractivity contribution in [1.29, 1.82) is 5.26 Å². The van der Waals surface area contributed by atoms with Crippen LogP contribution in [-0.4, -0.2) is 17.1 Å². The van der Waals surface area contributed by atoms with E-state index in [0.717, 1.165) is 23.0 Å². The fourth-order valence-electron chi connectivity index (χ4n) is 2.55. The molecule has 100 valence electrons. The molecule has 4 nitrogen and oxygen atoms in total. The van der Waals surface area contributed by atoms with Crippen molar-refractivity contribution in [2.24, 2.45) is 5.41 Å². The van der Waals surface area contributed by atoms with Crippen LogP contribution in [0.1, 0.15) is 31.7 Å². The maximum absolute atomic E-state index is 11.4. The highest BCUT2D eigenvalue weighted by molar-refractivity contribution is 9.10. The number of carboxylic acid groups (broad SMARTS) is 1. The van der Waals surface area contributed by atoms with E-state index < -0.39 is 11.4 Å². The van der Waals surface area contributed by atoms with E-state index in [9.17, 15) is 9.90 Å². The zero-order chi connectivity index (χ0) is 14.0. The standard InChI is InChI=1S/C14H15BrN2O2/c1-14(13(18)19)6-2-3-12(14)17-10-5-4-9(8-16)11(15)7-10/h4-5,7,12,17H,2-3,6H2,1H3,(H,18,19). The second-order valence-electron chi connectivity index (χ2n) is 5.12. The normalized spacial score (nSPS) is 25.8. The lowest BCUT2D eigenvalue weighted by atomic mass is 9.85. The Balaban J connectivity index is 2.20. The number of hydrogen-bond acceptors (Lipinski definition) is 3. The smallest absolute Gasteiger partial charge is 0.311 e. The third kappa shape index (κ3) is 2.59. The number of aliphatic carboxylic acids is 1. The Labute approximate surface area is 120 Å². The van der Waals surface area contributed by atoms with Gasteiger partial charge < -0.3 is 10.4 Å². The molecule has 5 heteroatoms. The maximum atomic E-state index is 11.4. The van der Waals surface area contributed by atoms with E-state index in [2.05, 4.69) is 27.3 Å². The first-order chi connectivity index (χ1) is 8.97. The Kier molecular flexibility index (Phi) is 3.81. The highest BCUT2D eigenvalue weighted by Crippen LogP contribution is 2.40. The van der Waals surface area contributed by atoms with Gasteiger partial charge in [0.2, 0.25) is 0 Å². The molecule has 2 unspecified atom stereocenters. The number of carboxylic acids is 1. The third-order valence-electron chi connectivity index (χ3n) is 3.88. The summed E-state index contributed by atoms with van der Waals surface area (Å²) in [5.74, 6) is -0.754. The van der Waals surface area contributed by atoms with Gasteiger partial charge in [-0.1, -0.05) is 6.42 Å². The van der Waals surface area contributed by atoms with Crippen LogP contribution < -0.4 is 5.32 Å². The van der Waals surface area contributed by atoms with Gasteiger partial charge in [-0.25, -0.2) is 0 Å². The molecule has 2 atom stereocenters. The van der Waals surface area contributed by atoms with Crippen molar-refractivity contribution < 1.29 is 9.90 Å². The van der Waals surface area contributed by atoms with Crippen molar-refractivity contribution in [3.63, 3.8) is 0 Å². The molecule has 1 aromatic carbocycles. The summed E-state index contributed by atoms with van der Waals surface area (Å²) >= 11 is 3.34. The summed E-state index contributed by atoms with van der Waals surface area (Å²) in [6.45, 7) is 1.79. The highest BCUT2D eigenvalue weighted by atomic mass is 79.9. The molecule has 0 aliphatic heterocycles. The molecule has 1 aliphatic carbocycles. The van der Waals surface area contributed by atoms with E-state index in [0.29, 0.717) is 12.0 Å². The second kappa shape index (κ2) is 5.22. The van der Waals surface area contributed by atoms with Crippen molar-refractivity contribution in [2.75, 3.05) is 5.32 Å². The summed E-state index contributed by atoms with van der Waals surface area (Å²) < 4.78 is 0.718. The number of rotatable bonds is 3. The Hall–Kier alpha value is -1.54. The minimum atomic E-state index is -0.754. The van der Waals surface area contributed by atoms with Crippen molar-refractivity contribution in [2.45, 2.75) is 32.2 Å². The topological polar surface area (TPSA) is 73.1 Å². The number of hydrogen-bond donors (Lipinski definition) is 2. The minimum Gasteiger partial charge on any atom is -0.481 e. The Morgan fingerprint density at radius 3 is 2.95 bits per heavy atom. The van der Waals surface area contributed by atoms with Gasteiger partial charge in [0.05, 0.1) is 11.0 Å². The van der Waals surface area contributed by atoms with E-state index >= 15 is 0 Å². The fraction of sp³-hybridized carbons (Fsp3) is 0.429. The molecule has 1 fully saturated rings. The zero-order valence-corrected chi connectivity index (χ0v) is 12.2. The van der Waals surface area contributed by atoms with Gasteiger partial charge in [0.1, 0.15) is 6.07 Å². The molecule has 1 saturated carbocycles. The number of nitriles is 1. The second-order valence-corrected chi connectivity index (χ2v) is 5.97. The lowest BCUT2D eigenvalue weighted by Gasteiger charge is -2.28. The molecular formula is C14H15BrN2O2. The van der Waals surface area contributed by atoms with Gasteiger partial charge in [-0.15, -0.1) is 0 Å². The number of benzene rings is 1. The summed E-state index contributed by atoms with van der Waals surface area (Å²) in [7, 11) is 0. The first kappa shape index (κ1) is 13.9. The summed E-state index contributed by atoms with van der Waals surface area (Å²) in [4.78, 5) is 11.4. The molecule has 0 radical (unpaired) electrons. The van der Waals surface area contributed by atoms with Crippen LogP contribution in [0.15, 0.2) is 22.7 Å². The Morgan fingerprint density at radius 2 is 2.37 bits per heavy atom. The molecule has 2 N–H and O–H groups in total. The molecule has 0 amide bonds. The molecule has 0 aromatic heterocycles.